The van der Waals surface area contributed by atoms with Crippen LogP contribution in [0.1, 0.15) is 43.5 Å². The van der Waals surface area contributed by atoms with Gasteiger partial charge in [-0.2, -0.15) is 0 Å². The summed E-state index contributed by atoms with van der Waals surface area (Å²) in [5.41, 5.74) is 2.71. The lowest BCUT2D eigenvalue weighted by Gasteiger charge is -2.26. The highest BCUT2D eigenvalue weighted by Gasteiger charge is 2.47. The number of aliphatic hydroxyl groups is 1. The number of nitrogens with zero attached hydrogens (tertiary/aromatic N) is 1. The molecule has 3 aromatic carbocycles. The number of anilines is 1. The fourth-order valence-electron chi connectivity index (χ4n) is 4.29. The van der Waals surface area contributed by atoms with Gasteiger partial charge in [0.05, 0.1) is 30.3 Å². The number of rotatable bonds is 5. The second-order valence-electron chi connectivity index (χ2n) is 9.59. The summed E-state index contributed by atoms with van der Waals surface area (Å²) in [6, 6.07) is 18.9. The van der Waals surface area contributed by atoms with Crippen molar-refractivity contribution in [2.24, 2.45) is 0 Å². The summed E-state index contributed by atoms with van der Waals surface area (Å²) >= 11 is 3.43. The van der Waals surface area contributed by atoms with Gasteiger partial charge in [0.25, 0.3) is 11.7 Å². The van der Waals surface area contributed by atoms with Gasteiger partial charge in [0, 0.05) is 11.3 Å². The van der Waals surface area contributed by atoms with Crippen LogP contribution in [0.2, 0.25) is 0 Å². The Morgan fingerprint density at radius 2 is 1.56 bits per heavy atom. The molecule has 3 aromatic rings. The van der Waals surface area contributed by atoms with Crippen molar-refractivity contribution in [3.63, 3.8) is 0 Å². The molecule has 6 nitrogen and oxygen atoms in total. The second kappa shape index (κ2) is 9.82. The zero-order valence-electron chi connectivity index (χ0n) is 20.8. The molecule has 1 heterocycles. The highest BCUT2D eigenvalue weighted by molar-refractivity contribution is 9.10. The summed E-state index contributed by atoms with van der Waals surface area (Å²) in [4.78, 5) is 28.2. The maximum atomic E-state index is 13.4. The van der Waals surface area contributed by atoms with E-state index >= 15 is 0 Å². The Kier molecular flexibility index (Phi) is 6.96. The second-order valence-corrected chi connectivity index (χ2v) is 10.4. The third-order valence-corrected chi connectivity index (χ3v) is 6.93. The molecule has 1 amide bonds. The van der Waals surface area contributed by atoms with Gasteiger partial charge in [-0.25, -0.2) is 0 Å². The lowest BCUT2D eigenvalue weighted by molar-refractivity contribution is -0.132. The third-order valence-electron chi connectivity index (χ3n) is 6.31. The first kappa shape index (κ1) is 25.5. The van der Waals surface area contributed by atoms with Crippen LogP contribution in [-0.2, 0) is 15.0 Å². The van der Waals surface area contributed by atoms with Gasteiger partial charge in [-0.15, -0.1) is 0 Å². The molecule has 1 fully saturated rings. The Labute approximate surface area is 219 Å². The predicted molar refractivity (Wildman–Crippen MR) is 144 cm³/mol. The van der Waals surface area contributed by atoms with Gasteiger partial charge in [-0.1, -0.05) is 45.0 Å². The van der Waals surface area contributed by atoms with E-state index < -0.39 is 17.7 Å². The summed E-state index contributed by atoms with van der Waals surface area (Å²) in [6.45, 7) is 6.35. The minimum absolute atomic E-state index is 0.0244. The van der Waals surface area contributed by atoms with E-state index in [1.807, 2.05) is 24.3 Å². The molecule has 1 aliphatic rings. The number of Topliss-reactive ketones (excluding diaryl/α,β-unsaturated/α-hetero) is 1. The minimum Gasteiger partial charge on any atom is -0.507 e. The van der Waals surface area contributed by atoms with E-state index in [1.165, 1.54) is 4.90 Å². The van der Waals surface area contributed by atoms with Crippen molar-refractivity contribution >= 4 is 39.1 Å². The van der Waals surface area contributed by atoms with E-state index in [0.717, 1.165) is 5.56 Å². The summed E-state index contributed by atoms with van der Waals surface area (Å²) in [5.74, 6) is -0.499. The SMILES string of the molecule is COc1ccc(N2C(=O)C(=O)/C(=C(\O)c3ccc(OC)c(Br)c3)C2c2ccc(C(C)(C)C)cc2)cc1. The van der Waals surface area contributed by atoms with Crippen molar-refractivity contribution in [1.82, 2.24) is 0 Å². The van der Waals surface area contributed by atoms with E-state index in [2.05, 4.69) is 36.7 Å². The highest BCUT2D eigenvalue weighted by atomic mass is 79.9. The molecule has 1 atom stereocenters. The smallest absolute Gasteiger partial charge is 0.300 e. The monoisotopic (exact) mass is 549 g/mol. The molecule has 0 radical (unpaired) electrons. The molecule has 36 heavy (non-hydrogen) atoms. The molecule has 4 rings (SSSR count). The van der Waals surface area contributed by atoms with Crippen molar-refractivity contribution in [2.75, 3.05) is 19.1 Å². The molecule has 1 aliphatic heterocycles. The molecule has 1 saturated heterocycles. The summed E-state index contributed by atoms with van der Waals surface area (Å²) in [6.07, 6.45) is 0. The van der Waals surface area contributed by atoms with E-state index in [-0.39, 0.29) is 16.7 Å². The fourth-order valence-corrected chi connectivity index (χ4v) is 4.83. The fraction of sp³-hybridized carbons (Fsp3) is 0.241. The van der Waals surface area contributed by atoms with Crippen LogP contribution >= 0.6 is 15.9 Å². The molecule has 0 saturated carbocycles. The average molecular weight is 550 g/mol. The van der Waals surface area contributed by atoms with Crippen molar-refractivity contribution in [1.29, 1.82) is 0 Å². The normalized spacial score (nSPS) is 17.4. The van der Waals surface area contributed by atoms with Crippen LogP contribution in [0.15, 0.2) is 76.8 Å². The molecule has 0 spiro atoms. The van der Waals surface area contributed by atoms with Crippen molar-refractivity contribution in [2.45, 2.75) is 32.2 Å². The lowest BCUT2D eigenvalue weighted by Crippen LogP contribution is -2.29. The van der Waals surface area contributed by atoms with Crippen LogP contribution in [0.5, 0.6) is 11.5 Å². The molecule has 186 valence electrons. The van der Waals surface area contributed by atoms with Crippen LogP contribution < -0.4 is 14.4 Å². The third kappa shape index (κ3) is 4.63. The Balaban J connectivity index is 1.91. The molecule has 7 heteroatoms. The first-order valence-corrected chi connectivity index (χ1v) is 12.3. The Morgan fingerprint density at radius 1 is 0.917 bits per heavy atom. The molecular formula is C29H28BrNO5. The molecule has 0 bridgehead atoms. The van der Waals surface area contributed by atoms with Crippen molar-refractivity contribution < 1.29 is 24.2 Å². The van der Waals surface area contributed by atoms with E-state index in [4.69, 9.17) is 9.47 Å². The van der Waals surface area contributed by atoms with E-state index in [9.17, 15) is 14.7 Å². The van der Waals surface area contributed by atoms with Crippen LogP contribution in [0.25, 0.3) is 5.76 Å². The summed E-state index contributed by atoms with van der Waals surface area (Å²) in [5, 5.41) is 11.4. The number of ketones is 1. The van der Waals surface area contributed by atoms with Gasteiger partial charge in [0.1, 0.15) is 17.3 Å². The summed E-state index contributed by atoms with van der Waals surface area (Å²) < 4.78 is 11.1. The number of hydrogen-bond acceptors (Lipinski definition) is 5. The molecule has 1 unspecified atom stereocenters. The number of carbonyl (C=O) groups excluding carboxylic acids is 2. The number of carbonyl (C=O) groups is 2. The van der Waals surface area contributed by atoms with Crippen molar-refractivity contribution in [3.05, 3.63) is 93.5 Å². The first-order chi connectivity index (χ1) is 17.1. The Morgan fingerprint density at radius 3 is 2.08 bits per heavy atom. The average Bonchev–Trinajstić information content (AvgIpc) is 3.13. The van der Waals surface area contributed by atoms with Crippen molar-refractivity contribution in [3.8, 4) is 11.5 Å². The summed E-state index contributed by atoms with van der Waals surface area (Å²) in [7, 11) is 3.10. The molecule has 1 N–H and O–H groups in total. The minimum atomic E-state index is -0.812. The van der Waals surface area contributed by atoms with Gasteiger partial charge in [0.2, 0.25) is 0 Å². The number of halogens is 1. The highest BCUT2D eigenvalue weighted by Crippen LogP contribution is 2.43. The first-order valence-electron chi connectivity index (χ1n) is 11.5. The van der Waals surface area contributed by atoms with Gasteiger partial charge in [0.15, 0.2) is 0 Å². The van der Waals surface area contributed by atoms with Crippen LogP contribution in [-0.4, -0.2) is 31.0 Å². The quantitative estimate of drug-likeness (QED) is 0.226. The Bertz CT molecular complexity index is 1340. The van der Waals surface area contributed by atoms with Gasteiger partial charge < -0.3 is 14.6 Å². The standard InChI is InChI=1S/C29H28BrNO5/c1-29(2,3)19-9-6-17(7-10-19)25-24(26(32)18-8-15-23(36-5)22(30)16-18)27(33)28(34)31(25)20-11-13-21(35-4)14-12-20/h6-16,25,32H,1-5H3/b26-24-. The van der Waals surface area contributed by atoms with Gasteiger partial charge >= 0.3 is 0 Å². The lowest BCUT2D eigenvalue weighted by atomic mass is 9.85. The largest absolute Gasteiger partial charge is 0.507 e. The molecule has 0 aliphatic carbocycles. The van der Waals surface area contributed by atoms with E-state index in [1.54, 1.807) is 56.7 Å². The number of amides is 1. The van der Waals surface area contributed by atoms with Gasteiger partial charge in [-0.05, 0) is 74.9 Å². The zero-order chi connectivity index (χ0) is 26.2. The Hall–Kier alpha value is -3.58. The number of benzene rings is 3. The molecule has 0 aromatic heterocycles. The van der Waals surface area contributed by atoms with Crippen LogP contribution in [0.4, 0.5) is 5.69 Å². The predicted octanol–water partition coefficient (Wildman–Crippen LogP) is 6.39. The van der Waals surface area contributed by atoms with Gasteiger partial charge in [-0.3, -0.25) is 14.5 Å². The topological polar surface area (TPSA) is 76.1 Å². The van der Waals surface area contributed by atoms with E-state index in [0.29, 0.717) is 32.8 Å². The van der Waals surface area contributed by atoms with Crippen LogP contribution in [0, 0.1) is 0 Å². The van der Waals surface area contributed by atoms with Crippen LogP contribution in [0.3, 0.4) is 0 Å². The maximum absolute atomic E-state index is 13.4. The number of ether oxygens (including phenoxy) is 2. The maximum Gasteiger partial charge on any atom is 0.300 e. The number of aliphatic hydroxyl groups excluding tert-OH is 1. The molecular weight excluding hydrogens is 522 g/mol. The number of hydrogen-bond donors (Lipinski definition) is 1. The number of methoxy groups -OCH3 is 2. The zero-order valence-corrected chi connectivity index (χ0v) is 22.4.